The Bertz CT molecular complexity index is 1260. The number of hydrogen-bond acceptors (Lipinski definition) is 4. The highest BCUT2D eigenvalue weighted by Crippen LogP contribution is 2.24. The maximum Gasteiger partial charge on any atom is 0.110 e. The van der Waals surface area contributed by atoms with Gasteiger partial charge in [-0.2, -0.15) is 0 Å². The van der Waals surface area contributed by atoms with Gasteiger partial charge >= 0.3 is 0 Å². The first-order valence-electron chi connectivity index (χ1n) is 8.69. The summed E-state index contributed by atoms with van der Waals surface area (Å²) in [5.41, 5.74) is 5.99. The lowest BCUT2D eigenvalue weighted by atomic mass is 10.2. The molecule has 0 spiro atoms. The minimum Gasteiger partial charge on any atom is -0.331 e. The molecule has 0 saturated heterocycles. The van der Waals surface area contributed by atoms with Gasteiger partial charge in [-0.15, -0.1) is 0 Å². The van der Waals surface area contributed by atoms with Crippen LogP contribution in [0, 0.1) is 0 Å². The Balaban J connectivity index is 1.50. The first-order valence-corrected chi connectivity index (χ1v) is 8.69. The number of nitrogens with zero attached hydrogens (tertiary/aromatic N) is 5. The van der Waals surface area contributed by atoms with Crippen LogP contribution in [0.15, 0.2) is 60.9 Å². The topological polar surface area (TPSA) is 56.5 Å². The predicted octanol–water partition coefficient (Wildman–Crippen LogP) is 3.85. The molecule has 26 heavy (non-hydrogen) atoms. The molecule has 0 saturated carbocycles. The van der Waals surface area contributed by atoms with E-state index in [9.17, 15) is 0 Å². The number of pyridine rings is 1. The summed E-state index contributed by atoms with van der Waals surface area (Å²) >= 11 is 0. The number of benzene rings is 2. The van der Waals surface area contributed by atoms with Crippen LogP contribution >= 0.6 is 0 Å². The second-order valence-electron chi connectivity index (χ2n) is 6.44. The van der Waals surface area contributed by atoms with Crippen LogP contribution in [0.25, 0.3) is 33.0 Å². The number of hydrogen-bond donors (Lipinski definition) is 0. The van der Waals surface area contributed by atoms with Crippen LogP contribution in [0.4, 0.5) is 0 Å². The molecule has 0 aliphatic heterocycles. The largest absolute Gasteiger partial charge is 0.331 e. The molecule has 5 heteroatoms. The standard InChI is InChI=1S/C21H17N5/c1-26-20(11-8-14-13-23-17-6-2-3-7-18(17)24-14)25-19-10-9-16-15(21(19)26)5-4-12-22-16/h2-7,9-10,12-13H,8,11H2,1H3. The van der Waals surface area contributed by atoms with Gasteiger partial charge in [0.25, 0.3) is 0 Å². The molecule has 0 amide bonds. The normalized spacial score (nSPS) is 11.6. The summed E-state index contributed by atoms with van der Waals surface area (Å²) in [6, 6.07) is 16.1. The van der Waals surface area contributed by atoms with Gasteiger partial charge in [0.1, 0.15) is 5.82 Å². The molecule has 5 nitrogen and oxygen atoms in total. The van der Waals surface area contributed by atoms with Crippen molar-refractivity contribution in [1.29, 1.82) is 0 Å². The number of imidazole rings is 1. The maximum absolute atomic E-state index is 4.83. The van der Waals surface area contributed by atoms with Gasteiger partial charge in [0.15, 0.2) is 0 Å². The van der Waals surface area contributed by atoms with E-state index in [1.807, 2.05) is 54.9 Å². The van der Waals surface area contributed by atoms with Gasteiger partial charge in [-0.25, -0.2) is 9.97 Å². The van der Waals surface area contributed by atoms with Crippen LogP contribution in [-0.4, -0.2) is 24.5 Å². The Morgan fingerprint density at radius 1 is 0.769 bits per heavy atom. The molecule has 0 fully saturated rings. The quantitative estimate of drug-likeness (QED) is 0.501. The van der Waals surface area contributed by atoms with E-state index >= 15 is 0 Å². The summed E-state index contributed by atoms with van der Waals surface area (Å²) < 4.78 is 2.17. The lowest BCUT2D eigenvalue weighted by Gasteiger charge is -2.05. The van der Waals surface area contributed by atoms with Crippen molar-refractivity contribution in [3.05, 3.63) is 72.4 Å². The molecule has 0 unspecified atom stereocenters. The highest BCUT2D eigenvalue weighted by molar-refractivity contribution is 6.02. The Hall–Kier alpha value is -3.34. The fraction of sp³-hybridized carbons (Fsp3) is 0.143. The van der Waals surface area contributed by atoms with Crippen LogP contribution in [0.5, 0.6) is 0 Å². The van der Waals surface area contributed by atoms with Crippen molar-refractivity contribution in [2.45, 2.75) is 12.8 Å². The smallest absolute Gasteiger partial charge is 0.110 e. The van der Waals surface area contributed by atoms with Gasteiger partial charge in [-0.1, -0.05) is 12.1 Å². The molecular formula is C21H17N5. The Morgan fingerprint density at radius 2 is 1.62 bits per heavy atom. The zero-order valence-corrected chi connectivity index (χ0v) is 14.4. The Morgan fingerprint density at radius 3 is 2.54 bits per heavy atom. The third-order valence-corrected chi connectivity index (χ3v) is 4.81. The molecule has 0 aliphatic carbocycles. The van der Waals surface area contributed by atoms with Gasteiger partial charge in [-0.05, 0) is 42.8 Å². The molecule has 2 aromatic carbocycles. The summed E-state index contributed by atoms with van der Waals surface area (Å²) in [6.45, 7) is 0. The first-order chi connectivity index (χ1) is 12.8. The summed E-state index contributed by atoms with van der Waals surface area (Å²) in [5, 5.41) is 1.14. The minimum atomic E-state index is 0.811. The van der Waals surface area contributed by atoms with Gasteiger partial charge in [0.05, 0.1) is 33.3 Å². The molecular weight excluding hydrogens is 322 g/mol. The molecule has 5 rings (SSSR count). The first kappa shape index (κ1) is 15.0. The van der Waals surface area contributed by atoms with E-state index in [2.05, 4.69) is 27.6 Å². The van der Waals surface area contributed by atoms with E-state index in [0.29, 0.717) is 0 Å². The number of aryl methyl sites for hydroxylation is 3. The van der Waals surface area contributed by atoms with Crippen LogP contribution < -0.4 is 0 Å². The number of aromatic nitrogens is 5. The fourth-order valence-corrected chi connectivity index (χ4v) is 3.49. The summed E-state index contributed by atoms with van der Waals surface area (Å²) in [7, 11) is 2.07. The SMILES string of the molecule is Cn1c(CCc2cnc3ccccc3n2)nc2ccc3ncccc3c21. The summed E-state index contributed by atoms with van der Waals surface area (Å²) in [5.74, 6) is 1.05. The second-order valence-corrected chi connectivity index (χ2v) is 6.44. The van der Waals surface area contributed by atoms with Crippen molar-refractivity contribution in [1.82, 2.24) is 24.5 Å². The molecule has 0 aliphatic rings. The molecule has 3 aromatic heterocycles. The maximum atomic E-state index is 4.83. The fourth-order valence-electron chi connectivity index (χ4n) is 3.49. The van der Waals surface area contributed by atoms with E-state index in [0.717, 1.165) is 57.3 Å². The Kier molecular flexibility index (Phi) is 3.38. The lowest BCUT2D eigenvalue weighted by molar-refractivity contribution is 0.776. The van der Waals surface area contributed by atoms with Crippen molar-refractivity contribution >= 4 is 33.0 Å². The van der Waals surface area contributed by atoms with Gasteiger partial charge in [-0.3, -0.25) is 9.97 Å². The molecule has 0 bridgehead atoms. The monoisotopic (exact) mass is 339 g/mol. The lowest BCUT2D eigenvalue weighted by Crippen LogP contribution is -2.02. The van der Waals surface area contributed by atoms with Crippen molar-refractivity contribution in [2.75, 3.05) is 0 Å². The zero-order chi connectivity index (χ0) is 17.5. The minimum absolute atomic E-state index is 0.811. The Labute approximate surface area is 150 Å². The van der Waals surface area contributed by atoms with E-state index in [4.69, 9.17) is 9.97 Å². The van der Waals surface area contributed by atoms with Gasteiger partial charge < -0.3 is 4.57 Å². The highest BCUT2D eigenvalue weighted by Gasteiger charge is 2.12. The number of fused-ring (bicyclic) bond motifs is 4. The van der Waals surface area contributed by atoms with Crippen molar-refractivity contribution in [2.24, 2.45) is 7.05 Å². The average molecular weight is 339 g/mol. The van der Waals surface area contributed by atoms with Crippen molar-refractivity contribution < 1.29 is 0 Å². The van der Waals surface area contributed by atoms with Crippen LogP contribution in [-0.2, 0) is 19.9 Å². The van der Waals surface area contributed by atoms with Crippen LogP contribution in [0.2, 0.25) is 0 Å². The van der Waals surface area contributed by atoms with Crippen molar-refractivity contribution in [3.63, 3.8) is 0 Å². The second kappa shape index (κ2) is 5.88. The zero-order valence-electron chi connectivity index (χ0n) is 14.4. The average Bonchev–Trinajstić information content (AvgIpc) is 3.02. The molecule has 0 radical (unpaired) electrons. The number of rotatable bonds is 3. The third kappa shape index (κ3) is 2.40. The number of para-hydroxylation sites is 2. The molecule has 3 heterocycles. The van der Waals surface area contributed by atoms with Gasteiger partial charge in [0.2, 0.25) is 0 Å². The van der Waals surface area contributed by atoms with Crippen LogP contribution in [0.3, 0.4) is 0 Å². The van der Waals surface area contributed by atoms with E-state index in [1.165, 1.54) is 0 Å². The van der Waals surface area contributed by atoms with E-state index in [1.54, 1.807) is 0 Å². The van der Waals surface area contributed by atoms with Crippen molar-refractivity contribution in [3.8, 4) is 0 Å². The van der Waals surface area contributed by atoms with Gasteiger partial charge in [0, 0.05) is 31.2 Å². The predicted molar refractivity (Wildman–Crippen MR) is 103 cm³/mol. The van der Waals surface area contributed by atoms with E-state index < -0.39 is 0 Å². The molecule has 126 valence electrons. The molecule has 5 aromatic rings. The third-order valence-electron chi connectivity index (χ3n) is 4.81. The van der Waals surface area contributed by atoms with E-state index in [-0.39, 0.29) is 0 Å². The van der Waals surface area contributed by atoms with Crippen LogP contribution in [0.1, 0.15) is 11.5 Å². The summed E-state index contributed by atoms with van der Waals surface area (Å²) in [4.78, 5) is 18.5. The summed E-state index contributed by atoms with van der Waals surface area (Å²) in [6.07, 6.45) is 5.32. The molecule has 0 atom stereocenters. The highest BCUT2D eigenvalue weighted by atomic mass is 15.1. The molecule has 0 N–H and O–H groups in total.